The minimum absolute atomic E-state index is 0.208. The monoisotopic (exact) mass is 283 g/mol. The van der Waals surface area contributed by atoms with E-state index in [1.165, 1.54) is 11.1 Å². The smallest absolute Gasteiger partial charge is 0.128 e. The number of aromatic nitrogens is 1. The van der Waals surface area contributed by atoms with Crippen LogP contribution in [0.15, 0.2) is 36.5 Å². The normalized spacial score (nSPS) is 12.3. The molecule has 0 radical (unpaired) electrons. The number of pyridine rings is 1. The van der Waals surface area contributed by atoms with Crippen molar-refractivity contribution in [3.8, 4) is 0 Å². The van der Waals surface area contributed by atoms with Gasteiger partial charge in [-0.1, -0.05) is 36.8 Å². The van der Waals surface area contributed by atoms with Crippen LogP contribution < -0.4 is 11.1 Å². The van der Waals surface area contributed by atoms with Gasteiger partial charge in [-0.25, -0.2) is 4.98 Å². The van der Waals surface area contributed by atoms with Crippen LogP contribution in [0.25, 0.3) is 0 Å². The Hall–Kier alpha value is -1.87. The van der Waals surface area contributed by atoms with Crippen molar-refractivity contribution in [2.24, 2.45) is 0 Å². The number of nitrogens with zero attached hydrogens (tertiary/aromatic N) is 1. The Kier molecular flexibility index (Phi) is 5.34. The van der Waals surface area contributed by atoms with Crippen molar-refractivity contribution in [2.45, 2.75) is 39.7 Å². The van der Waals surface area contributed by atoms with Gasteiger partial charge < -0.3 is 11.1 Å². The van der Waals surface area contributed by atoms with Gasteiger partial charge in [-0.2, -0.15) is 0 Å². The first-order valence-electron chi connectivity index (χ1n) is 7.61. The van der Waals surface area contributed by atoms with Crippen LogP contribution >= 0.6 is 0 Å². The fraction of sp³-hybridized carbons (Fsp3) is 0.389. The quantitative estimate of drug-likeness (QED) is 0.852. The number of hydrogen-bond donors (Lipinski definition) is 2. The Morgan fingerprint density at radius 3 is 2.52 bits per heavy atom. The highest BCUT2D eigenvalue weighted by atomic mass is 14.9. The Balaban J connectivity index is 2.25. The summed E-state index contributed by atoms with van der Waals surface area (Å²) < 4.78 is 0. The second-order valence-electron chi connectivity index (χ2n) is 5.68. The fourth-order valence-electron chi connectivity index (χ4n) is 2.45. The maximum atomic E-state index is 6.09. The largest absolute Gasteiger partial charge is 0.383 e. The molecule has 1 heterocycles. The summed E-state index contributed by atoms with van der Waals surface area (Å²) in [6.07, 6.45) is 3.85. The first-order chi connectivity index (χ1) is 10.1. The van der Waals surface area contributed by atoms with Gasteiger partial charge in [0.1, 0.15) is 5.82 Å². The topological polar surface area (TPSA) is 50.9 Å². The summed E-state index contributed by atoms with van der Waals surface area (Å²) in [4.78, 5) is 4.30. The van der Waals surface area contributed by atoms with Crippen LogP contribution in [0.3, 0.4) is 0 Å². The zero-order chi connectivity index (χ0) is 15.2. The summed E-state index contributed by atoms with van der Waals surface area (Å²) in [6.45, 7) is 7.31. The number of hydrogen-bond acceptors (Lipinski definition) is 3. The van der Waals surface area contributed by atoms with Crippen molar-refractivity contribution < 1.29 is 0 Å². The van der Waals surface area contributed by atoms with Crippen molar-refractivity contribution in [1.29, 1.82) is 0 Å². The molecule has 0 aliphatic heterocycles. The molecule has 0 bridgehead atoms. The van der Waals surface area contributed by atoms with E-state index in [4.69, 9.17) is 5.73 Å². The summed E-state index contributed by atoms with van der Waals surface area (Å²) in [5.74, 6) is 0.626. The van der Waals surface area contributed by atoms with Gasteiger partial charge in [0.2, 0.25) is 0 Å². The molecule has 0 fully saturated rings. The number of aryl methyl sites for hydroxylation is 2. The third-order valence-electron chi connectivity index (χ3n) is 3.66. The van der Waals surface area contributed by atoms with Crippen LogP contribution in [0.4, 0.5) is 5.82 Å². The van der Waals surface area contributed by atoms with Crippen LogP contribution in [-0.2, 0) is 6.42 Å². The SMILES string of the molecule is CCCNC(Cc1ccc(C)cc1)c1cc(C)cnc1N. The van der Waals surface area contributed by atoms with E-state index in [9.17, 15) is 0 Å². The Labute approximate surface area is 127 Å². The van der Waals surface area contributed by atoms with E-state index in [0.717, 1.165) is 30.5 Å². The maximum Gasteiger partial charge on any atom is 0.128 e. The van der Waals surface area contributed by atoms with E-state index in [2.05, 4.69) is 61.4 Å². The number of anilines is 1. The third-order valence-corrected chi connectivity index (χ3v) is 3.66. The molecule has 0 saturated carbocycles. The molecule has 3 N–H and O–H groups in total. The molecule has 1 aromatic carbocycles. The summed E-state index contributed by atoms with van der Waals surface area (Å²) in [5.41, 5.74) is 10.9. The molecule has 1 unspecified atom stereocenters. The van der Waals surface area contributed by atoms with E-state index < -0.39 is 0 Å². The number of rotatable bonds is 6. The average Bonchev–Trinajstić information content (AvgIpc) is 2.48. The molecule has 1 aromatic heterocycles. The minimum atomic E-state index is 0.208. The third kappa shape index (κ3) is 4.30. The van der Waals surface area contributed by atoms with Gasteiger partial charge in [0.05, 0.1) is 0 Å². The Morgan fingerprint density at radius 1 is 1.14 bits per heavy atom. The zero-order valence-electron chi connectivity index (χ0n) is 13.2. The van der Waals surface area contributed by atoms with Crippen molar-refractivity contribution >= 4 is 5.82 Å². The summed E-state index contributed by atoms with van der Waals surface area (Å²) in [7, 11) is 0. The average molecular weight is 283 g/mol. The van der Waals surface area contributed by atoms with Gasteiger partial charge >= 0.3 is 0 Å². The van der Waals surface area contributed by atoms with Gasteiger partial charge in [-0.3, -0.25) is 0 Å². The van der Waals surface area contributed by atoms with Crippen molar-refractivity contribution in [3.63, 3.8) is 0 Å². The van der Waals surface area contributed by atoms with E-state index >= 15 is 0 Å². The number of nitrogens with two attached hydrogens (primary N) is 1. The highest BCUT2D eigenvalue weighted by molar-refractivity contribution is 5.43. The molecule has 21 heavy (non-hydrogen) atoms. The second-order valence-corrected chi connectivity index (χ2v) is 5.68. The number of nitrogens with one attached hydrogen (secondary N) is 1. The maximum absolute atomic E-state index is 6.09. The lowest BCUT2D eigenvalue weighted by atomic mass is 9.97. The van der Waals surface area contributed by atoms with Crippen LogP contribution in [0, 0.1) is 13.8 Å². The lowest BCUT2D eigenvalue weighted by Crippen LogP contribution is -2.25. The highest BCUT2D eigenvalue weighted by Crippen LogP contribution is 2.23. The molecule has 0 aliphatic carbocycles. The summed E-state index contributed by atoms with van der Waals surface area (Å²) in [6, 6.07) is 11.0. The highest BCUT2D eigenvalue weighted by Gasteiger charge is 2.15. The first-order valence-corrected chi connectivity index (χ1v) is 7.61. The molecule has 2 rings (SSSR count). The predicted molar refractivity (Wildman–Crippen MR) is 89.3 cm³/mol. The lowest BCUT2D eigenvalue weighted by molar-refractivity contribution is 0.529. The van der Waals surface area contributed by atoms with Crippen LogP contribution in [-0.4, -0.2) is 11.5 Å². The fourth-order valence-corrected chi connectivity index (χ4v) is 2.45. The summed E-state index contributed by atoms with van der Waals surface area (Å²) in [5, 5.41) is 3.60. The van der Waals surface area contributed by atoms with Crippen molar-refractivity contribution in [2.75, 3.05) is 12.3 Å². The molecule has 3 nitrogen and oxygen atoms in total. The second kappa shape index (κ2) is 7.23. The van der Waals surface area contributed by atoms with E-state index in [-0.39, 0.29) is 6.04 Å². The molecule has 1 atom stereocenters. The molecule has 0 saturated heterocycles. The number of benzene rings is 1. The molecule has 0 aliphatic rings. The van der Waals surface area contributed by atoms with Crippen molar-refractivity contribution in [1.82, 2.24) is 10.3 Å². The van der Waals surface area contributed by atoms with Crippen LogP contribution in [0.2, 0.25) is 0 Å². The van der Waals surface area contributed by atoms with E-state index in [1.807, 2.05) is 6.20 Å². The van der Waals surface area contributed by atoms with Crippen LogP contribution in [0.1, 0.15) is 41.6 Å². The lowest BCUT2D eigenvalue weighted by Gasteiger charge is -2.21. The van der Waals surface area contributed by atoms with Crippen molar-refractivity contribution in [3.05, 3.63) is 58.8 Å². The zero-order valence-corrected chi connectivity index (χ0v) is 13.2. The predicted octanol–water partition coefficient (Wildman–Crippen LogP) is 3.56. The van der Waals surface area contributed by atoms with Gasteiger partial charge in [0.15, 0.2) is 0 Å². The van der Waals surface area contributed by atoms with Gasteiger partial charge in [-0.15, -0.1) is 0 Å². The minimum Gasteiger partial charge on any atom is -0.383 e. The molecule has 2 aromatic rings. The van der Waals surface area contributed by atoms with E-state index in [0.29, 0.717) is 5.82 Å². The first kappa shape index (κ1) is 15.5. The van der Waals surface area contributed by atoms with Crippen LogP contribution in [0.5, 0.6) is 0 Å². The van der Waals surface area contributed by atoms with Gasteiger partial charge in [0.25, 0.3) is 0 Å². The Bertz CT molecular complexity index is 576. The number of nitrogen functional groups attached to an aromatic ring is 1. The molecule has 3 heteroatoms. The molecular weight excluding hydrogens is 258 g/mol. The van der Waals surface area contributed by atoms with E-state index in [1.54, 1.807) is 0 Å². The molecule has 0 amide bonds. The van der Waals surface area contributed by atoms with Gasteiger partial charge in [-0.05, 0) is 50.4 Å². The van der Waals surface area contributed by atoms with Gasteiger partial charge in [0, 0.05) is 17.8 Å². The Morgan fingerprint density at radius 2 is 1.86 bits per heavy atom. The summed E-state index contributed by atoms with van der Waals surface area (Å²) >= 11 is 0. The molecular formula is C18H25N3. The molecule has 112 valence electrons. The molecule has 0 spiro atoms. The standard InChI is InChI=1S/C18H25N3/c1-4-9-20-17(11-15-7-5-13(2)6-8-15)16-10-14(3)12-21-18(16)19/h5-8,10,12,17,20H,4,9,11H2,1-3H3,(H2,19,21).